The second-order valence-corrected chi connectivity index (χ2v) is 9.05. The normalized spacial score (nSPS) is 19.3. The first-order chi connectivity index (χ1) is 15.0. The molecule has 2 heterocycles. The summed E-state index contributed by atoms with van der Waals surface area (Å²) in [6.45, 7) is 5.31. The highest BCUT2D eigenvalue weighted by molar-refractivity contribution is 6.03. The maximum absolute atomic E-state index is 12.6. The molecule has 1 amide bonds. The van der Waals surface area contributed by atoms with Crippen molar-refractivity contribution < 1.29 is 22.7 Å². The fourth-order valence-corrected chi connectivity index (χ4v) is 3.79. The zero-order valence-electron chi connectivity index (χ0n) is 18.4. The summed E-state index contributed by atoms with van der Waals surface area (Å²) in [6, 6.07) is 2.92. The number of amides is 1. The van der Waals surface area contributed by atoms with Crippen LogP contribution in [0.15, 0.2) is 30.7 Å². The van der Waals surface area contributed by atoms with Gasteiger partial charge >= 0.3 is 6.18 Å². The van der Waals surface area contributed by atoms with Crippen molar-refractivity contribution in [2.24, 2.45) is 11.3 Å². The van der Waals surface area contributed by atoms with Crippen molar-refractivity contribution in [3.05, 3.63) is 36.4 Å². The summed E-state index contributed by atoms with van der Waals surface area (Å²) in [6.07, 6.45) is 3.69. The van der Waals surface area contributed by atoms with Crippen LogP contribution in [0.25, 0.3) is 0 Å². The van der Waals surface area contributed by atoms with E-state index in [1.165, 1.54) is 30.7 Å². The molecule has 7 nitrogen and oxygen atoms in total. The van der Waals surface area contributed by atoms with E-state index < -0.39 is 18.7 Å². The monoisotopic (exact) mass is 451 g/mol. The van der Waals surface area contributed by atoms with Crippen LogP contribution in [0.2, 0.25) is 0 Å². The van der Waals surface area contributed by atoms with E-state index in [1.54, 1.807) is 0 Å². The largest absolute Gasteiger partial charge is 0.482 e. The molecule has 3 rings (SSSR count). The number of carbonyl (C=O) groups is 1. The molecule has 1 aliphatic carbocycles. The van der Waals surface area contributed by atoms with Crippen molar-refractivity contribution in [1.29, 1.82) is 0 Å². The molecular formula is C22H28F3N5O2. The lowest BCUT2D eigenvalue weighted by Gasteiger charge is -2.37. The lowest BCUT2D eigenvalue weighted by Crippen LogP contribution is -2.32. The van der Waals surface area contributed by atoms with E-state index in [4.69, 9.17) is 4.74 Å². The van der Waals surface area contributed by atoms with Crippen molar-refractivity contribution in [2.45, 2.75) is 58.7 Å². The predicted molar refractivity (Wildman–Crippen MR) is 115 cm³/mol. The molecule has 0 unspecified atom stereocenters. The van der Waals surface area contributed by atoms with Crippen LogP contribution < -0.4 is 15.4 Å². The van der Waals surface area contributed by atoms with Crippen LogP contribution in [0.3, 0.4) is 0 Å². The summed E-state index contributed by atoms with van der Waals surface area (Å²) in [5, 5.41) is 5.80. The average Bonchev–Trinajstić information content (AvgIpc) is 2.72. The number of alkyl halides is 3. The highest BCUT2D eigenvalue weighted by atomic mass is 19.4. The van der Waals surface area contributed by atoms with Crippen molar-refractivity contribution in [3.63, 3.8) is 0 Å². The van der Waals surface area contributed by atoms with Crippen LogP contribution >= 0.6 is 0 Å². The van der Waals surface area contributed by atoms with Gasteiger partial charge in [-0.3, -0.25) is 9.78 Å². The van der Waals surface area contributed by atoms with Crippen LogP contribution in [0.4, 0.5) is 24.8 Å². The van der Waals surface area contributed by atoms with Gasteiger partial charge in [0.05, 0.1) is 6.20 Å². The van der Waals surface area contributed by atoms with E-state index in [2.05, 4.69) is 46.4 Å². The molecule has 0 aliphatic heterocycles. The SMILES string of the molecule is CC(C)(C)C1CCC(Nc2nccc(C(=O)Nc3cnccc3OCC(F)(F)F)n2)CC1. The van der Waals surface area contributed by atoms with Crippen LogP contribution in [0, 0.1) is 11.3 Å². The Hall–Kier alpha value is -2.91. The standard InChI is InChI=1S/C22H28F3N5O2/c1-21(2,3)14-4-6-15(7-5-14)28-20-27-11-8-16(30-20)19(31)29-17-12-26-10-9-18(17)32-13-22(23,24)25/h8-12,14-15H,4-7,13H2,1-3H3,(H,29,31)(H,27,28,30). The minimum Gasteiger partial charge on any atom is -0.482 e. The molecule has 1 aliphatic rings. The average molecular weight is 451 g/mol. The molecule has 2 N–H and O–H groups in total. The number of halogens is 3. The van der Waals surface area contributed by atoms with Crippen molar-refractivity contribution in [3.8, 4) is 5.75 Å². The number of hydrogen-bond donors (Lipinski definition) is 2. The smallest absolute Gasteiger partial charge is 0.422 e. The Morgan fingerprint density at radius 2 is 1.84 bits per heavy atom. The maximum atomic E-state index is 12.6. The first-order valence-corrected chi connectivity index (χ1v) is 10.6. The van der Waals surface area contributed by atoms with Gasteiger partial charge in [0.2, 0.25) is 5.95 Å². The molecule has 32 heavy (non-hydrogen) atoms. The minimum absolute atomic E-state index is 0.0235. The van der Waals surface area contributed by atoms with Gasteiger partial charge in [-0.25, -0.2) is 9.97 Å². The number of ether oxygens (including phenoxy) is 1. The van der Waals surface area contributed by atoms with Gasteiger partial charge in [0, 0.05) is 24.5 Å². The number of hydrogen-bond acceptors (Lipinski definition) is 6. The predicted octanol–water partition coefficient (Wildman–Crippen LogP) is 5.08. The molecule has 0 atom stereocenters. The molecular weight excluding hydrogens is 423 g/mol. The Balaban J connectivity index is 1.62. The molecule has 2 aromatic heterocycles. The van der Waals surface area contributed by atoms with E-state index in [0.29, 0.717) is 11.9 Å². The zero-order valence-corrected chi connectivity index (χ0v) is 18.4. The lowest BCUT2D eigenvalue weighted by atomic mass is 9.71. The summed E-state index contributed by atoms with van der Waals surface area (Å²) < 4.78 is 42.2. The van der Waals surface area contributed by atoms with Gasteiger partial charge in [0.15, 0.2) is 6.61 Å². The third kappa shape index (κ3) is 6.80. The fraction of sp³-hybridized carbons (Fsp3) is 0.545. The lowest BCUT2D eigenvalue weighted by molar-refractivity contribution is -0.153. The second-order valence-electron chi connectivity index (χ2n) is 9.05. The van der Waals surface area contributed by atoms with Gasteiger partial charge in [-0.05, 0) is 43.1 Å². The number of aromatic nitrogens is 3. The number of nitrogens with one attached hydrogen (secondary N) is 2. The van der Waals surface area contributed by atoms with Crippen molar-refractivity contribution in [1.82, 2.24) is 15.0 Å². The summed E-state index contributed by atoms with van der Waals surface area (Å²) in [5.41, 5.74) is 0.390. The number of pyridine rings is 1. The van der Waals surface area contributed by atoms with Crippen LogP contribution in [0.5, 0.6) is 5.75 Å². The molecule has 0 radical (unpaired) electrons. The van der Waals surface area contributed by atoms with Crippen LogP contribution in [-0.2, 0) is 0 Å². The number of rotatable bonds is 6. The quantitative estimate of drug-likeness (QED) is 0.637. The third-order valence-electron chi connectivity index (χ3n) is 5.59. The highest BCUT2D eigenvalue weighted by Gasteiger charge is 2.30. The van der Waals surface area contributed by atoms with E-state index in [9.17, 15) is 18.0 Å². The number of carbonyl (C=O) groups excluding carboxylic acids is 1. The molecule has 0 spiro atoms. The van der Waals surface area contributed by atoms with Gasteiger partial charge in [-0.1, -0.05) is 20.8 Å². The molecule has 174 valence electrons. The Labute approximate surface area is 185 Å². The van der Waals surface area contributed by atoms with Gasteiger partial charge in [0.1, 0.15) is 17.1 Å². The van der Waals surface area contributed by atoms with Gasteiger partial charge in [0.25, 0.3) is 5.91 Å². The Bertz CT molecular complexity index is 922. The highest BCUT2D eigenvalue weighted by Crippen LogP contribution is 2.38. The molecule has 10 heteroatoms. The molecule has 0 bridgehead atoms. The van der Waals surface area contributed by atoms with E-state index in [-0.39, 0.29) is 28.6 Å². The molecule has 0 saturated heterocycles. The number of nitrogens with zero attached hydrogens (tertiary/aromatic N) is 3. The van der Waals surface area contributed by atoms with Gasteiger partial charge in [-0.15, -0.1) is 0 Å². The first-order valence-electron chi connectivity index (χ1n) is 10.6. The summed E-state index contributed by atoms with van der Waals surface area (Å²) in [5.74, 6) is 0.286. The maximum Gasteiger partial charge on any atom is 0.422 e. The van der Waals surface area contributed by atoms with Gasteiger partial charge in [-0.2, -0.15) is 13.2 Å². The van der Waals surface area contributed by atoms with E-state index in [0.717, 1.165) is 25.7 Å². The second kappa shape index (κ2) is 9.70. The molecule has 2 aromatic rings. The van der Waals surface area contributed by atoms with E-state index >= 15 is 0 Å². The third-order valence-corrected chi connectivity index (χ3v) is 5.59. The Morgan fingerprint density at radius 1 is 1.12 bits per heavy atom. The van der Waals surface area contributed by atoms with Crippen molar-refractivity contribution in [2.75, 3.05) is 17.2 Å². The summed E-state index contributed by atoms with van der Waals surface area (Å²) >= 11 is 0. The fourth-order valence-electron chi connectivity index (χ4n) is 3.79. The molecule has 0 aromatic carbocycles. The molecule has 1 saturated carbocycles. The summed E-state index contributed by atoms with van der Waals surface area (Å²) in [4.78, 5) is 24.9. The minimum atomic E-state index is -4.50. The van der Waals surface area contributed by atoms with Crippen LogP contribution in [0.1, 0.15) is 56.9 Å². The van der Waals surface area contributed by atoms with Crippen LogP contribution in [-0.4, -0.2) is 39.7 Å². The van der Waals surface area contributed by atoms with Gasteiger partial charge < -0.3 is 15.4 Å². The summed E-state index contributed by atoms with van der Waals surface area (Å²) in [7, 11) is 0. The Kier molecular flexibility index (Phi) is 7.20. The van der Waals surface area contributed by atoms with E-state index in [1.807, 2.05) is 0 Å². The topological polar surface area (TPSA) is 89.0 Å². The Morgan fingerprint density at radius 3 is 2.50 bits per heavy atom. The van der Waals surface area contributed by atoms with Crippen molar-refractivity contribution >= 4 is 17.5 Å². The molecule has 1 fully saturated rings. The zero-order chi connectivity index (χ0) is 23.4. The number of anilines is 2. The first kappa shape index (κ1) is 23.7.